The number of benzene rings is 2. The van der Waals surface area contributed by atoms with E-state index in [0.717, 1.165) is 18.1 Å². The summed E-state index contributed by atoms with van der Waals surface area (Å²) in [4.78, 5) is 1.97. The van der Waals surface area contributed by atoms with Gasteiger partial charge in [0.05, 0.1) is 12.8 Å². The second-order valence-corrected chi connectivity index (χ2v) is 5.40. The zero-order valence-corrected chi connectivity index (χ0v) is 12.2. The predicted molar refractivity (Wildman–Crippen MR) is 78.9 cm³/mol. The highest BCUT2D eigenvalue weighted by molar-refractivity contribution is 5.60. The predicted octanol–water partition coefficient (Wildman–Crippen LogP) is 4.11. The summed E-state index contributed by atoms with van der Waals surface area (Å²) in [7, 11) is 1.33. The number of nitrogens with zero attached hydrogens (tertiary/aromatic N) is 1. The van der Waals surface area contributed by atoms with E-state index in [0.29, 0.717) is 18.8 Å². The van der Waals surface area contributed by atoms with Gasteiger partial charge in [-0.3, -0.25) is 0 Å². The molecule has 2 nitrogen and oxygen atoms in total. The lowest BCUT2D eigenvalue weighted by Crippen LogP contribution is -2.20. The smallest absolute Gasteiger partial charge is 0.202 e. The van der Waals surface area contributed by atoms with E-state index in [9.17, 15) is 13.2 Å². The minimum Gasteiger partial charge on any atom is -0.491 e. The van der Waals surface area contributed by atoms with Crippen molar-refractivity contribution in [1.29, 1.82) is 0 Å². The van der Waals surface area contributed by atoms with Gasteiger partial charge in [0.15, 0.2) is 11.6 Å². The molecule has 0 aliphatic carbocycles. The molecule has 0 spiro atoms. The molecule has 116 valence electrons. The fourth-order valence-electron chi connectivity index (χ4n) is 2.95. The van der Waals surface area contributed by atoms with E-state index in [-0.39, 0.29) is 17.5 Å². The van der Waals surface area contributed by atoms with Crippen molar-refractivity contribution in [3.05, 3.63) is 59.4 Å². The van der Waals surface area contributed by atoms with Gasteiger partial charge in [-0.2, -0.15) is 4.39 Å². The van der Waals surface area contributed by atoms with Crippen LogP contribution in [-0.2, 0) is 0 Å². The number of ether oxygens (including phenoxy) is 1. The molecule has 1 unspecified atom stereocenters. The van der Waals surface area contributed by atoms with E-state index in [2.05, 4.69) is 0 Å². The molecule has 2 aromatic carbocycles. The molecule has 1 aliphatic heterocycles. The van der Waals surface area contributed by atoms with E-state index < -0.39 is 11.6 Å². The summed E-state index contributed by atoms with van der Waals surface area (Å²) < 4.78 is 45.1. The Kier molecular flexibility index (Phi) is 3.96. The average Bonchev–Trinajstić information content (AvgIpc) is 3.00. The van der Waals surface area contributed by atoms with Gasteiger partial charge in [-0.25, -0.2) is 8.78 Å². The third kappa shape index (κ3) is 2.63. The number of hydrogen-bond donors (Lipinski definition) is 0. The molecular weight excluding hydrogens is 291 g/mol. The molecule has 1 fully saturated rings. The van der Waals surface area contributed by atoms with Gasteiger partial charge < -0.3 is 9.64 Å². The van der Waals surface area contributed by atoms with Crippen LogP contribution in [0.4, 0.5) is 18.9 Å². The van der Waals surface area contributed by atoms with Gasteiger partial charge in [-0.1, -0.05) is 12.1 Å². The molecule has 0 aromatic heterocycles. The Morgan fingerprint density at radius 2 is 1.77 bits per heavy atom. The SMILES string of the molecule is COc1c(N2CCC(c3ccc(F)cc3)C2)ccc(F)c1F. The van der Waals surface area contributed by atoms with Gasteiger partial charge >= 0.3 is 0 Å². The Balaban J connectivity index is 1.84. The summed E-state index contributed by atoms with van der Waals surface area (Å²) in [6, 6.07) is 9.06. The molecule has 0 bridgehead atoms. The molecular formula is C17H16F3NO. The summed E-state index contributed by atoms with van der Waals surface area (Å²) in [5.41, 5.74) is 1.59. The van der Waals surface area contributed by atoms with Crippen LogP contribution in [0, 0.1) is 17.5 Å². The maximum atomic E-state index is 13.8. The molecule has 3 rings (SSSR count). The van der Waals surface area contributed by atoms with E-state index in [1.54, 1.807) is 12.1 Å². The van der Waals surface area contributed by atoms with Crippen LogP contribution in [-0.4, -0.2) is 20.2 Å². The van der Waals surface area contributed by atoms with E-state index in [1.807, 2.05) is 4.90 Å². The van der Waals surface area contributed by atoms with Crippen LogP contribution < -0.4 is 9.64 Å². The van der Waals surface area contributed by atoms with Crippen LogP contribution in [0.25, 0.3) is 0 Å². The lowest BCUT2D eigenvalue weighted by Gasteiger charge is -2.22. The second-order valence-electron chi connectivity index (χ2n) is 5.40. The summed E-state index contributed by atoms with van der Waals surface area (Å²) in [6.07, 6.45) is 0.869. The van der Waals surface area contributed by atoms with Gasteiger partial charge in [-0.05, 0) is 36.2 Å². The highest BCUT2D eigenvalue weighted by Crippen LogP contribution is 2.37. The molecule has 0 saturated carbocycles. The minimum atomic E-state index is -0.967. The molecule has 5 heteroatoms. The molecule has 0 N–H and O–H groups in total. The van der Waals surface area contributed by atoms with Gasteiger partial charge in [0.25, 0.3) is 0 Å². The normalized spacial score (nSPS) is 17.8. The zero-order chi connectivity index (χ0) is 15.7. The van der Waals surface area contributed by atoms with Crippen LogP contribution in [0.1, 0.15) is 17.9 Å². The number of anilines is 1. The van der Waals surface area contributed by atoms with Crippen molar-refractivity contribution < 1.29 is 17.9 Å². The fourth-order valence-corrected chi connectivity index (χ4v) is 2.95. The monoisotopic (exact) mass is 307 g/mol. The summed E-state index contributed by atoms with van der Waals surface area (Å²) in [6.45, 7) is 1.37. The minimum absolute atomic E-state index is 0.0697. The van der Waals surface area contributed by atoms with Crippen molar-refractivity contribution in [2.45, 2.75) is 12.3 Å². The first-order valence-electron chi connectivity index (χ1n) is 7.12. The highest BCUT2D eigenvalue weighted by atomic mass is 19.2. The number of hydrogen-bond acceptors (Lipinski definition) is 2. The molecule has 0 amide bonds. The van der Waals surface area contributed by atoms with E-state index >= 15 is 0 Å². The summed E-state index contributed by atoms with van der Waals surface area (Å²) in [5.74, 6) is -1.99. The van der Waals surface area contributed by atoms with Crippen molar-refractivity contribution in [3.8, 4) is 5.75 Å². The fraction of sp³-hybridized carbons (Fsp3) is 0.294. The standard InChI is InChI=1S/C17H16F3NO/c1-22-17-15(7-6-14(19)16(17)20)21-9-8-12(10-21)11-2-4-13(18)5-3-11/h2-7,12H,8-10H2,1H3. The molecule has 22 heavy (non-hydrogen) atoms. The summed E-state index contributed by atoms with van der Waals surface area (Å²) >= 11 is 0. The first kappa shape index (κ1) is 14.8. The van der Waals surface area contributed by atoms with Crippen LogP contribution in [0.15, 0.2) is 36.4 Å². The van der Waals surface area contributed by atoms with Gasteiger partial charge in [0.1, 0.15) is 5.82 Å². The highest BCUT2D eigenvalue weighted by Gasteiger charge is 2.27. The van der Waals surface area contributed by atoms with Crippen LogP contribution in [0.2, 0.25) is 0 Å². The number of methoxy groups -OCH3 is 1. The Morgan fingerprint density at radius 3 is 2.45 bits per heavy atom. The largest absolute Gasteiger partial charge is 0.491 e. The van der Waals surface area contributed by atoms with Crippen molar-refractivity contribution >= 4 is 5.69 Å². The number of rotatable bonds is 3. The van der Waals surface area contributed by atoms with Crippen molar-refractivity contribution in [1.82, 2.24) is 0 Å². The third-order valence-electron chi connectivity index (χ3n) is 4.10. The van der Waals surface area contributed by atoms with Crippen LogP contribution in [0.3, 0.4) is 0 Å². The summed E-state index contributed by atoms with van der Waals surface area (Å²) in [5, 5.41) is 0. The van der Waals surface area contributed by atoms with Crippen molar-refractivity contribution in [2.24, 2.45) is 0 Å². The van der Waals surface area contributed by atoms with Crippen LogP contribution in [0.5, 0.6) is 5.75 Å². The van der Waals surface area contributed by atoms with E-state index in [1.165, 1.54) is 25.3 Å². The maximum absolute atomic E-state index is 13.8. The Morgan fingerprint density at radius 1 is 1.05 bits per heavy atom. The third-order valence-corrected chi connectivity index (χ3v) is 4.10. The first-order valence-corrected chi connectivity index (χ1v) is 7.12. The molecule has 1 atom stereocenters. The molecule has 0 radical (unpaired) electrons. The molecule has 1 heterocycles. The Hall–Kier alpha value is -2.17. The van der Waals surface area contributed by atoms with Gasteiger partial charge in [0.2, 0.25) is 5.82 Å². The first-order chi connectivity index (χ1) is 10.6. The molecule has 1 saturated heterocycles. The second kappa shape index (κ2) is 5.91. The molecule has 1 aliphatic rings. The van der Waals surface area contributed by atoms with Crippen LogP contribution >= 0.6 is 0 Å². The Labute approximate surface area is 127 Å². The maximum Gasteiger partial charge on any atom is 0.202 e. The Bertz CT molecular complexity index is 672. The van der Waals surface area contributed by atoms with Crippen molar-refractivity contribution in [3.63, 3.8) is 0 Å². The van der Waals surface area contributed by atoms with E-state index in [4.69, 9.17) is 4.74 Å². The lowest BCUT2D eigenvalue weighted by atomic mass is 9.99. The van der Waals surface area contributed by atoms with Crippen molar-refractivity contribution in [2.75, 3.05) is 25.1 Å². The van der Waals surface area contributed by atoms with Gasteiger partial charge in [-0.15, -0.1) is 0 Å². The number of halogens is 3. The average molecular weight is 307 g/mol. The quantitative estimate of drug-likeness (QED) is 0.846. The lowest BCUT2D eigenvalue weighted by molar-refractivity contribution is 0.372. The van der Waals surface area contributed by atoms with Gasteiger partial charge in [0, 0.05) is 19.0 Å². The topological polar surface area (TPSA) is 12.5 Å². The molecule has 2 aromatic rings. The zero-order valence-electron chi connectivity index (χ0n) is 12.2.